The Morgan fingerprint density at radius 1 is 1.43 bits per heavy atom. The van der Waals surface area contributed by atoms with Crippen LogP contribution in [0, 0.1) is 11.3 Å². The van der Waals surface area contributed by atoms with Crippen molar-refractivity contribution < 1.29 is 9.53 Å². The number of morpholine rings is 1. The van der Waals surface area contributed by atoms with Crippen molar-refractivity contribution in [2.75, 3.05) is 18.5 Å². The van der Waals surface area contributed by atoms with E-state index in [-0.39, 0.29) is 24.1 Å². The van der Waals surface area contributed by atoms with Gasteiger partial charge in [0.15, 0.2) is 0 Å². The summed E-state index contributed by atoms with van der Waals surface area (Å²) in [6.45, 7) is 7.40. The lowest BCUT2D eigenvalue weighted by Gasteiger charge is -2.39. The summed E-state index contributed by atoms with van der Waals surface area (Å²) in [5.41, 5.74) is 1.29. The molecule has 3 atom stereocenters. The Kier molecular flexibility index (Phi) is 4.94. The van der Waals surface area contributed by atoms with Crippen LogP contribution < -0.4 is 5.32 Å². The van der Waals surface area contributed by atoms with Gasteiger partial charge in [-0.15, -0.1) is 0 Å². The number of nitriles is 1. The van der Waals surface area contributed by atoms with Crippen LogP contribution in [0.4, 0.5) is 5.69 Å². The average molecular weight is 287 g/mol. The molecule has 0 aliphatic carbocycles. The van der Waals surface area contributed by atoms with Gasteiger partial charge in [0.25, 0.3) is 0 Å². The third kappa shape index (κ3) is 3.81. The monoisotopic (exact) mass is 287 g/mol. The predicted molar refractivity (Wildman–Crippen MR) is 80.8 cm³/mol. The fourth-order valence-electron chi connectivity index (χ4n) is 2.49. The highest BCUT2D eigenvalue weighted by molar-refractivity contribution is 5.94. The minimum Gasteiger partial charge on any atom is -0.376 e. The minimum absolute atomic E-state index is 0.0411. The third-order valence-electron chi connectivity index (χ3n) is 3.81. The van der Waals surface area contributed by atoms with Crippen molar-refractivity contribution in [3.05, 3.63) is 29.8 Å². The van der Waals surface area contributed by atoms with Gasteiger partial charge >= 0.3 is 0 Å². The van der Waals surface area contributed by atoms with Gasteiger partial charge in [-0.05, 0) is 45.0 Å². The number of hydrogen-bond acceptors (Lipinski definition) is 4. The molecule has 1 N–H and O–H groups in total. The lowest BCUT2D eigenvalue weighted by molar-refractivity contribution is -0.126. The van der Waals surface area contributed by atoms with Gasteiger partial charge in [-0.2, -0.15) is 5.26 Å². The van der Waals surface area contributed by atoms with E-state index in [4.69, 9.17) is 10.00 Å². The quantitative estimate of drug-likeness (QED) is 0.923. The van der Waals surface area contributed by atoms with Crippen molar-refractivity contribution in [2.24, 2.45) is 0 Å². The first-order valence-corrected chi connectivity index (χ1v) is 7.19. The molecule has 1 aromatic rings. The Bertz CT molecular complexity index is 535. The van der Waals surface area contributed by atoms with Crippen molar-refractivity contribution in [3.63, 3.8) is 0 Å². The number of nitrogens with zero attached hydrogens (tertiary/aromatic N) is 2. The van der Waals surface area contributed by atoms with Gasteiger partial charge in [0.2, 0.25) is 5.91 Å². The van der Waals surface area contributed by atoms with Crippen LogP contribution in [-0.4, -0.2) is 42.1 Å². The second kappa shape index (κ2) is 6.70. The second-order valence-electron chi connectivity index (χ2n) is 5.54. The van der Waals surface area contributed by atoms with Crippen LogP contribution in [0.25, 0.3) is 0 Å². The number of rotatable bonds is 3. The summed E-state index contributed by atoms with van der Waals surface area (Å²) in [5, 5.41) is 11.7. The maximum Gasteiger partial charge on any atom is 0.241 e. The molecule has 0 aromatic heterocycles. The Morgan fingerprint density at radius 2 is 2.10 bits per heavy atom. The molecule has 1 aromatic carbocycles. The molecule has 1 heterocycles. The number of carbonyl (C=O) groups is 1. The number of anilines is 1. The Balaban J connectivity index is 1.99. The van der Waals surface area contributed by atoms with Crippen LogP contribution in [0.2, 0.25) is 0 Å². The molecule has 0 saturated carbocycles. The molecule has 5 nitrogen and oxygen atoms in total. The predicted octanol–water partition coefficient (Wildman–Crippen LogP) is 1.99. The van der Waals surface area contributed by atoms with E-state index in [1.807, 2.05) is 13.8 Å². The molecule has 1 aliphatic heterocycles. The SMILES string of the molecule is CC1CN(C(C)C(=O)Nc2ccc(C#N)cc2)C(C)CO1. The van der Waals surface area contributed by atoms with Crippen molar-refractivity contribution in [2.45, 2.75) is 39.0 Å². The highest BCUT2D eigenvalue weighted by atomic mass is 16.5. The summed E-state index contributed by atoms with van der Waals surface area (Å²) in [5.74, 6) is -0.0411. The number of nitrogens with one attached hydrogen (secondary N) is 1. The Morgan fingerprint density at radius 3 is 2.71 bits per heavy atom. The first-order valence-electron chi connectivity index (χ1n) is 7.19. The number of benzene rings is 1. The highest BCUT2D eigenvalue weighted by Crippen LogP contribution is 2.16. The molecule has 1 amide bonds. The fourth-order valence-corrected chi connectivity index (χ4v) is 2.49. The van der Waals surface area contributed by atoms with Crippen LogP contribution in [0.15, 0.2) is 24.3 Å². The number of carbonyl (C=O) groups excluding carboxylic acids is 1. The number of ether oxygens (including phenoxy) is 1. The van der Waals surface area contributed by atoms with E-state index in [1.165, 1.54) is 0 Å². The molecule has 1 aliphatic rings. The molecule has 1 fully saturated rings. The van der Waals surface area contributed by atoms with Crippen LogP contribution in [0.1, 0.15) is 26.3 Å². The molecule has 5 heteroatoms. The zero-order valence-electron chi connectivity index (χ0n) is 12.7. The van der Waals surface area contributed by atoms with E-state index in [9.17, 15) is 4.79 Å². The van der Waals surface area contributed by atoms with Gasteiger partial charge in [-0.3, -0.25) is 9.69 Å². The molecular weight excluding hydrogens is 266 g/mol. The van der Waals surface area contributed by atoms with Crippen molar-refractivity contribution in [1.29, 1.82) is 5.26 Å². The van der Waals surface area contributed by atoms with Crippen LogP contribution in [-0.2, 0) is 9.53 Å². The van der Waals surface area contributed by atoms with Crippen molar-refractivity contribution in [3.8, 4) is 6.07 Å². The summed E-state index contributed by atoms with van der Waals surface area (Å²) < 4.78 is 5.59. The van der Waals surface area contributed by atoms with E-state index < -0.39 is 0 Å². The van der Waals surface area contributed by atoms with Crippen LogP contribution in [0.3, 0.4) is 0 Å². The van der Waals surface area contributed by atoms with E-state index in [0.717, 1.165) is 6.54 Å². The smallest absolute Gasteiger partial charge is 0.241 e. The van der Waals surface area contributed by atoms with Gasteiger partial charge in [-0.1, -0.05) is 0 Å². The van der Waals surface area contributed by atoms with E-state index >= 15 is 0 Å². The van der Waals surface area contributed by atoms with Gasteiger partial charge in [0.1, 0.15) is 0 Å². The third-order valence-corrected chi connectivity index (χ3v) is 3.81. The first-order chi connectivity index (χ1) is 10.0. The largest absolute Gasteiger partial charge is 0.376 e. The molecule has 21 heavy (non-hydrogen) atoms. The highest BCUT2D eigenvalue weighted by Gasteiger charge is 2.30. The summed E-state index contributed by atoms with van der Waals surface area (Å²) in [4.78, 5) is 14.5. The topological polar surface area (TPSA) is 65.4 Å². The maximum atomic E-state index is 12.4. The number of hydrogen-bond donors (Lipinski definition) is 1. The molecule has 0 radical (unpaired) electrons. The molecule has 1 saturated heterocycles. The minimum atomic E-state index is -0.220. The van der Waals surface area contributed by atoms with E-state index in [1.54, 1.807) is 24.3 Å². The molecule has 0 bridgehead atoms. The normalized spacial score (nSPS) is 24.1. The van der Waals surface area contributed by atoms with Crippen molar-refractivity contribution >= 4 is 11.6 Å². The second-order valence-corrected chi connectivity index (χ2v) is 5.54. The summed E-state index contributed by atoms with van der Waals surface area (Å²) in [7, 11) is 0. The Labute approximate surface area is 125 Å². The first kappa shape index (κ1) is 15.5. The molecule has 3 unspecified atom stereocenters. The summed E-state index contributed by atoms with van der Waals surface area (Å²) in [6, 6.07) is 8.94. The zero-order chi connectivity index (χ0) is 15.4. The zero-order valence-corrected chi connectivity index (χ0v) is 12.7. The van der Waals surface area contributed by atoms with Gasteiger partial charge in [-0.25, -0.2) is 0 Å². The van der Waals surface area contributed by atoms with E-state index in [2.05, 4.69) is 23.2 Å². The lowest BCUT2D eigenvalue weighted by atomic mass is 10.1. The van der Waals surface area contributed by atoms with Crippen LogP contribution >= 0.6 is 0 Å². The molecular formula is C16H21N3O2. The number of amides is 1. The average Bonchev–Trinajstić information content (AvgIpc) is 2.49. The molecule has 0 spiro atoms. The summed E-state index contributed by atoms with van der Waals surface area (Å²) in [6.07, 6.45) is 0.145. The van der Waals surface area contributed by atoms with Gasteiger partial charge in [0.05, 0.1) is 30.4 Å². The summed E-state index contributed by atoms with van der Waals surface area (Å²) >= 11 is 0. The van der Waals surface area contributed by atoms with Crippen LogP contribution in [0.5, 0.6) is 0 Å². The fraction of sp³-hybridized carbons (Fsp3) is 0.500. The standard InChI is InChI=1S/C16H21N3O2/c1-11-10-21-12(2)9-19(11)13(3)16(20)18-15-6-4-14(8-17)5-7-15/h4-7,11-13H,9-10H2,1-3H3,(H,18,20). The van der Waals surface area contributed by atoms with Crippen molar-refractivity contribution in [1.82, 2.24) is 4.90 Å². The Hall–Kier alpha value is -1.90. The molecule has 112 valence electrons. The maximum absolute atomic E-state index is 12.4. The lowest BCUT2D eigenvalue weighted by Crippen LogP contribution is -2.54. The van der Waals surface area contributed by atoms with Gasteiger partial charge in [0, 0.05) is 18.3 Å². The van der Waals surface area contributed by atoms with Gasteiger partial charge < -0.3 is 10.1 Å². The van der Waals surface area contributed by atoms with E-state index in [0.29, 0.717) is 17.9 Å². The molecule has 2 rings (SSSR count).